The Morgan fingerprint density at radius 3 is 2.71 bits per heavy atom. The third kappa shape index (κ3) is 1.23. The highest BCUT2D eigenvalue weighted by Gasteiger charge is 2.08. The van der Waals surface area contributed by atoms with Crippen molar-refractivity contribution in [3.63, 3.8) is 0 Å². The highest BCUT2D eigenvalue weighted by atomic mass is 35.5. The number of benzene rings is 1. The minimum absolute atomic E-state index is 0.646. The molecular weight excluding hydrogens is 198 g/mol. The van der Waals surface area contributed by atoms with E-state index in [2.05, 4.69) is 0 Å². The number of nitrogens with zero attached hydrogens (tertiary/aromatic N) is 1. The van der Waals surface area contributed by atoms with Crippen LogP contribution in [0.15, 0.2) is 18.2 Å². The molecule has 0 radical (unpaired) electrons. The molecule has 0 aliphatic heterocycles. The van der Waals surface area contributed by atoms with Crippen LogP contribution in [0.1, 0.15) is 16.1 Å². The Bertz CT molecular complexity index is 513. The number of halogens is 1. The minimum atomic E-state index is 0.646. The van der Waals surface area contributed by atoms with Crippen LogP contribution in [0.4, 0.5) is 0 Å². The van der Waals surface area contributed by atoms with Gasteiger partial charge in [-0.2, -0.15) is 0 Å². The molecular formula is C11H10ClNO. The molecule has 3 heteroatoms. The van der Waals surface area contributed by atoms with E-state index >= 15 is 0 Å². The van der Waals surface area contributed by atoms with Crippen molar-refractivity contribution in [2.24, 2.45) is 7.05 Å². The number of carbonyl (C=O) groups excluding carboxylic acids is 1. The molecule has 0 saturated carbocycles. The first-order valence-corrected chi connectivity index (χ1v) is 4.72. The average molecular weight is 208 g/mol. The Kier molecular flexibility index (Phi) is 2.08. The molecule has 0 aliphatic carbocycles. The van der Waals surface area contributed by atoms with Crippen molar-refractivity contribution in [1.82, 2.24) is 4.57 Å². The van der Waals surface area contributed by atoms with Crippen LogP contribution in [0.2, 0.25) is 5.02 Å². The lowest BCUT2D eigenvalue weighted by Gasteiger charge is -2.00. The first-order valence-electron chi connectivity index (χ1n) is 4.34. The van der Waals surface area contributed by atoms with E-state index in [0.29, 0.717) is 10.7 Å². The molecule has 2 nitrogen and oxygen atoms in total. The number of hydrogen-bond acceptors (Lipinski definition) is 1. The highest BCUT2D eigenvalue weighted by molar-refractivity contribution is 6.35. The molecule has 0 bridgehead atoms. The van der Waals surface area contributed by atoms with Crippen LogP contribution < -0.4 is 0 Å². The largest absolute Gasteiger partial charge is 0.341 e. The van der Waals surface area contributed by atoms with Gasteiger partial charge in [0.2, 0.25) is 0 Å². The van der Waals surface area contributed by atoms with Crippen molar-refractivity contribution in [1.29, 1.82) is 0 Å². The summed E-state index contributed by atoms with van der Waals surface area (Å²) in [5, 5.41) is 1.63. The van der Waals surface area contributed by atoms with Crippen LogP contribution in [0, 0.1) is 6.92 Å². The molecule has 2 aromatic rings. The Hall–Kier alpha value is -1.28. The number of carbonyl (C=O) groups is 1. The molecule has 0 atom stereocenters. The fourth-order valence-corrected chi connectivity index (χ4v) is 1.98. The van der Waals surface area contributed by atoms with Gasteiger partial charge in [0.25, 0.3) is 0 Å². The van der Waals surface area contributed by atoms with E-state index in [9.17, 15) is 4.79 Å². The average Bonchev–Trinajstić information content (AvgIpc) is 2.44. The second-order valence-corrected chi connectivity index (χ2v) is 3.83. The highest BCUT2D eigenvalue weighted by Crippen LogP contribution is 2.27. The van der Waals surface area contributed by atoms with Gasteiger partial charge in [-0.05, 0) is 30.7 Å². The molecule has 14 heavy (non-hydrogen) atoms. The quantitative estimate of drug-likeness (QED) is 0.659. The number of fused-ring (bicyclic) bond motifs is 1. The van der Waals surface area contributed by atoms with Gasteiger partial charge in [0.05, 0.1) is 16.2 Å². The van der Waals surface area contributed by atoms with Gasteiger partial charge in [0, 0.05) is 12.4 Å². The van der Waals surface area contributed by atoms with E-state index in [1.165, 1.54) is 0 Å². The van der Waals surface area contributed by atoms with E-state index in [-0.39, 0.29) is 0 Å². The third-order valence-corrected chi connectivity index (χ3v) is 2.73. The monoisotopic (exact) mass is 207 g/mol. The molecule has 0 N–H and O–H groups in total. The first-order chi connectivity index (χ1) is 6.63. The molecule has 0 spiro atoms. The van der Waals surface area contributed by atoms with E-state index in [4.69, 9.17) is 11.6 Å². The third-order valence-electron chi connectivity index (χ3n) is 2.41. The summed E-state index contributed by atoms with van der Waals surface area (Å²) in [7, 11) is 1.86. The number of aromatic nitrogens is 1. The fraction of sp³-hybridized carbons (Fsp3) is 0.182. The van der Waals surface area contributed by atoms with Gasteiger partial charge in [-0.25, -0.2) is 0 Å². The van der Waals surface area contributed by atoms with Gasteiger partial charge >= 0.3 is 0 Å². The second-order valence-electron chi connectivity index (χ2n) is 3.43. The number of aryl methyl sites for hydroxylation is 2. The summed E-state index contributed by atoms with van der Waals surface area (Å²) in [5.74, 6) is 0. The van der Waals surface area contributed by atoms with Gasteiger partial charge < -0.3 is 4.57 Å². The van der Waals surface area contributed by atoms with Crippen LogP contribution >= 0.6 is 11.6 Å². The summed E-state index contributed by atoms with van der Waals surface area (Å²) in [4.78, 5) is 10.7. The Morgan fingerprint density at radius 1 is 1.36 bits per heavy atom. The number of aldehydes is 1. The fourth-order valence-electron chi connectivity index (χ4n) is 1.65. The standard InChI is InChI=1S/C11H10ClNO/c1-7-3-10(12)9-5-8(6-14)13(2)11(9)4-7/h3-6H,1-2H3. The predicted molar refractivity (Wildman–Crippen MR) is 58.1 cm³/mol. The Balaban J connectivity index is 2.91. The summed E-state index contributed by atoms with van der Waals surface area (Å²) in [6.07, 6.45) is 0.839. The molecule has 0 saturated heterocycles. The van der Waals surface area contributed by atoms with Crippen LogP contribution in [0.3, 0.4) is 0 Å². The maximum Gasteiger partial charge on any atom is 0.166 e. The van der Waals surface area contributed by atoms with Crippen molar-refractivity contribution in [3.05, 3.63) is 34.5 Å². The zero-order valence-corrected chi connectivity index (χ0v) is 8.80. The maximum atomic E-state index is 10.7. The van der Waals surface area contributed by atoms with Crippen LogP contribution in [-0.4, -0.2) is 10.9 Å². The molecule has 0 amide bonds. The van der Waals surface area contributed by atoms with Crippen LogP contribution in [-0.2, 0) is 7.05 Å². The smallest absolute Gasteiger partial charge is 0.166 e. The van der Waals surface area contributed by atoms with Gasteiger partial charge in [-0.3, -0.25) is 4.79 Å². The van der Waals surface area contributed by atoms with E-state index < -0.39 is 0 Å². The van der Waals surface area contributed by atoms with Crippen molar-refractivity contribution in [3.8, 4) is 0 Å². The molecule has 2 rings (SSSR count). The first kappa shape index (κ1) is 9.28. The van der Waals surface area contributed by atoms with Crippen molar-refractivity contribution in [2.75, 3.05) is 0 Å². The maximum absolute atomic E-state index is 10.7. The van der Waals surface area contributed by atoms with E-state index in [1.807, 2.05) is 36.7 Å². The Labute approximate surface area is 87.1 Å². The predicted octanol–water partition coefficient (Wildman–Crippen LogP) is 2.95. The summed E-state index contributed by atoms with van der Waals surface area (Å²) < 4.78 is 1.85. The second kappa shape index (κ2) is 3.14. The van der Waals surface area contributed by atoms with Gasteiger partial charge in [-0.1, -0.05) is 11.6 Å². The molecule has 72 valence electrons. The number of hydrogen-bond donors (Lipinski definition) is 0. The lowest BCUT2D eigenvalue weighted by atomic mass is 10.2. The number of rotatable bonds is 1. The zero-order valence-electron chi connectivity index (χ0n) is 8.04. The summed E-state index contributed by atoms with van der Waals surface area (Å²) in [6.45, 7) is 1.99. The normalized spacial score (nSPS) is 10.8. The Morgan fingerprint density at radius 2 is 2.07 bits per heavy atom. The molecule has 0 aliphatic rings. The van der Waals surface area contributed by atoms with E-state index in [1.54, 1.807) is 0 Å². The molecule has 0 fully saturated rings. The van der Waals surface area contributed by atoms with E-state index in [0.717, 1.165) is 22.8 Å². The lowest BCUT2D eigenvalue weighted by molar-refractivity contribution is 0.111. The van der Waals surface area contributed by atoms with Crippen LogP contribution in [0.25, 0.3) is 10.9 Å². The zero-order chi connectivity index (χ0) is 10.3. The van der Waals surface area contributed by atoms with Crippen molar-refractivity contribution >= 4 is 28.8 Å². The summed E-state index contributed by atoms with van der Waals surface area (Å²) >= 11 is 6.08. The van der Waals surface area contributed by atoms with Crippen molar-refractivity contribution < 1.29 is 4.79 Å². The summed E-state index contributed by atoms with van der Waals surface area (Å²) in [5.41, 5.74) is 2.74. The van der Waals surface area contributed by atoms with Crippen molar-refractivity contribution in [2.45, 2.75) is 6.92 Å². The molecule has 1 aromatic carbocycles. The SMILES string of the molecule is Cc1cc(Cl)c2cc(C=O)n(C)c2c1. The minimum Gasteiger partial charge on any atom is -0.341 e. The topological polar surface area (TPSA) is 22.0 Å². The van der Waals surface area contributed by atoms with Gasteiger partial charge in [0.1, 0.15) is 0 Å². The molecule has 1 heterocycles. The molecule has 1 aromatic heterocycles. The van der Waals surface area contributed by atoms with Gasteiger partial charge in [-0.15, -0.1) is 0 Å². The lowest BCUT2D eigenvalue weighted by Crippen LogP contribution is -1.93. The van der Waals surface area contributed by atoms with Crippen LogP contribution in [0.5, 0.6) is 0 Å². The summed E-state index contributed by atoms with van der Waals surface area (Å²) in [6, 6.07) is 5.73. The molecule has 0 unspecified atom stereocenters. The van der Waals surface area contributed by atoms with Gasteiger partial charge in [0.15, 0.2) is 6.29 Å².